The molecular weight excluding hydrogens is 354 g/mol. The SMILES string of the molecule is C=CCN1C[C@@H](c2ccc(OS(=O)(=O)c3ccccc3)cc2)OCC1=O. The molecule has 2 aromatic rings. The highest BCUT2D eigenvalue weighted by Gasteiger charge is 2.26. The molecule has 0 bridgehead atoms. The summed E-state index contributed by atoms with van der Waals surface area (Å²) in [6, 6.07) is 14.6. The van der Waals surface area contributed by atoms with E-state index in [1.807, 2.05) is 0 Å². The van der Waals surface area contributed by atoms with E-state index in [4.69, 9.17) is 8.92 Å². The van der Waals surface area contributed by atoms with Gasteiger partial charge in [0.25, 0.3) is 0 Å². The van der Waals surface area contributed by atoms with E-state index in [1.165, 1.54) is 12.1 Å². The van der Waals surface area contributed by atoms with Crippen molar-refractivity contribution in [3.8, 4) is 5.75 Å². The average Bonchev–Trinajstić information content (AvgIpc) is 2.65. The lowest BCUT2D eigenvalue weighted by atomic mass is 10.1. The van der Waals surface area contributed by atoms with Gasteiger partial charge in [-0.15, -0.1) is 6.58 Å². The number of ether oxygens (including phenoxy) is 1. The van der Waals surface area contributed by atoms with Gasteiger partial charge in [0.2, 0.25) is 5.91 Å². The summed E-state index contributed by atoms with van der Waals surface area (Å²) >= 11 is 0. The zero-order chi connectivity index (χ0) is 18.6. The number of morpholine rings is 1. The van der Waals surface area contributed by atoms with Gasteiger partial charge in [-0.1, -0.05) is 36.4 Å². The van der Waals surface area contributed by atoms with Gasteiger partial charge in [0.15, 0.2) is 0 Å². The van der Waals surface area contributed by atoms with Crippen LogP contribution in [-0.2, 0) is 19.6 Å². The van der Waals surface area contributed by atoms with Crippen LogP contribution in [0.1, 0.15) is 11.7 Å². The number of amides is 1. The van der Waals surface area contributed by atoms with Crippen molar-refractivity contribution in [2.45, 2.75) is 11.0 Å². The van der Waals surface area contributed by atoms with Crippen LogP contribution in [0.5, 0.6) is 5.75 Å². The van der Waals surface area contributed by atoms with E-state index in [1.54, 1.807) is 53.4 Å². The second-order valence-corrected chi connectivity index (χ2v) is 7.35. The Balaban J connectivity index is 1.71. The normalized spacial score (nSPS) is 17.8. The Morgan fingerprint density at radius 3 is 2.50 bits per heavy atom. The maximum absolute atomic E-state index is 12.2. The zero-order valence-corrected chi connectivity index (χ0v) is 14.9. The molecule has 6 nitrogen and oxygen atoms in total. The maximum Gasteiger partial charge on any atom is 0.339 e. The highest BCUT2D eigenvalue weighted by atomic mass is 32.2. The van der Waals surface area contributed by atoms with E-state index < -0.39 is 10.1 Å². The maximum atomic E-state index is 12.2. The van der Waals surface area contributed by atoms with Crippen LogP contribution >= 0.6 is 0 Å². The van der Waals surface area contributed by atoms with Crippen LogP contribution in [0.25, 0.3) is 0 Å². The van der Waals surface area contributed by atoms with Gasteiger partial charge in [-0.2, -0.15) is 8.42 Å². The molecule has 136 valence electrons. The number of benzene rings is 2. The fraction of sp³-hybridized carbons (Fsp3) is 0.211. The molecule has 7 heteroatoms. The minimum absolute atomic E-state index is 0.0130. The fourth-order valence-corrected chi connectivity index (χ4v) is 3.60. The van der Waals surface area contributed by atoms with Crippen molar-refractivity contribution in [1.82, 2.24) is 4.90 Å². The first-order chi connectivity index (χ1) is 12.5. The van der Waals surface area contributed by atoms with Crippen molar-refractivity contribution in [3.05, 3.63) is 72.8 Å². The van der Waals surface area contributed by atoms with Crippen LogP contribution in [0.15, 0.2) is 72.1 Å². The molecule has 0 spiro atoms. The number of hydrogen-bond donors (Lipinski definition) is 0. The molecule has 1 atom stereocenters. The third kappa shape index (κ3) is 4.12. The standard InChI is InChI=1S/C19H19NO5S/c1-2-12-20-13-18(24-14-19(20)21)15-8-10-16(11-9-15)25-26(22,23)17-6-4-3-5-7-17/h2-11,18H,1,12-14H2/t18-/m0/s1. The highest BCUT2D eigenvalue weighted by Crippen LogP contribution is 2.26. The highest BCUT2D eigenvalue weighted by molar-refractivity contribution is 7.87. The Morgan fingerprint density at radius 1 is 1.15 bits per heavy atom. The van der Waals surface area contributed by atoms with Crippen molar-refractivity contribution in [2.75, 3.05) is 19.7 Å². The predicted octanol–water partition coefficient (Wildman–Crippen LogP) is 2.54. The van der Waals surface area contributed by atoms with Crippen LogP contribution < -0.4 is 4.18 Å². The van der Waals surface area contributed by atoms with E-state index in [2.05, 4.69) is 6.58 Å². The van der Waals surface area contributed by atoms with Gasteiger partial charge >= 0.3 is 10.1 Å². The van der Waals surface area contributed by atoms with E-state index in [0.717, 1.165) is 5.56 Å². The number of carbonyl (C=O) groups excluding carboxylic acids is 1. The van der Waals surface area contributed by atoms with Crippen LogP contribution in [0.2, 0.25) is 0 Å². The minimum Gasteiger partial charge on any atom is -0.379 e. The predicted molar refractivity (Wildman–Crippen MR) is 96.2 cm³/mol. The lowest BCUT2D eigenvalue weighted by molar-refractivity contribution is -0.148. The summed E-state index contributed by atoms with van der Waals surface area (Å²) in [6.45, 7) is 4.55. The molecule has 26 heavy (non-hydrogen) atoms. The van der Waals surface area contributed by atoms with E-state index in [9.17, 15) is 13.2 Å². The van der Waals surface area contributed by atoms with Crippen molar-refractivity contribution in [2.24, 2.45) is 0 Å². The molecule has 0 aromatic heterocycles. The molecule has 0 aliphatic carbocycles. The molecule has 0 unspecified atom stereocenters. The third-order valence-corrected chi connectivity index (χ3v) is 5.25. The molecule has 3 rings (SSSR count). The fourth-order valence-electron chi connectivity index (χ4n) is 2.65. The summed E-state index contributed by atoms with van der Waals surface area (Å²) in [7, 11) is -3.87. The molecular formula is C19H19NO5S. The van der Waals surface area contributed by atoms with Gasteiger partial charge < -0.3 is 13.8 Å². The summed E-state index contributed by atoms with van der Waals surface area (Å²) in [5.74, 6) is 0.141. The van der Waals surface area contributed by atoms with Gasteiger partial charge in [-0.05, 0) is 29.8 Å². The summed E-state index contributed by atoms with van der Waals surface area (Å²) in [5.41, 5.74) is 0.844. The molecule has 0 radical (unpaired) electrons. The Kier molecular flexibility index (Phi) is 5.39. The molecule has 0 N–H and O–H groups in total. The summed E-state index contributed by atoms with van der Waals surface area (Å²) in [4.78, 5) is 13.5. The van der Waals surface area contributed by atoms with E-state index >= 15 is 0 Å². The first-order valence-electron chi connectivity index (χ1n) is 8.09. The second kappa shape index (κ2) is 7.72. The second-order valence-electron chi connectivity index (χ2n) is 5.81. The van der Waals surface area contributed by atoms with Gasteiger partial charge in [0, 0.05) is 6.54 Å². The van der Waals surface area contributed by atoms with Crippen molar-refractivity contribution in [1.29, 1.82) is 0 Å². The molecule has 1 heterocycles. The number of nitrogens with zero attached hydrogens (tertiary/aromatic N) is 1. The Bertz CT molecular complexity index is 878. The minimum atomic E-state index is -3.87. The van der Waals surface area contributed by atoms with Gasteiger partial charge in [-0.25, -0.2) is 0 Å². The van der Waals surface area contributed by atoms with Crippen LogP contribution in [0, 0.1) is 0 Å². The molecule has 0 saturated carbocycles. The van der Waals surface area contributed by atoms with Crippen LogP contribution in [-0.4, -0.2) is 38.9 Å². The van der Waals surface area contributed by atoms with Crippen LogP contribution in [0.3, 0.4) is 0 Å². The summed E-state index contributed by atoms with van der Waals surface area (Å²) < 4.78 is 35.2. The first-order valence-corrected chi connectivity index (χ1v) is 9.50. The molecule has 1 aliphatic rings. The number of rotatable bonds is 6. The van der Waals surface area contributed by atoms with Crippen LogP contribution in [0.4, 0.5) is 0 Å². The smallest absolute Gasteiger partial charge is 0.339 e. The quantitative estimate of drug-likeness (QED) is 0.575. The third-order valence-electron chi connectivity index (χ3n) is 3.99. The molecule has 1 aliphatic heterocycles. The Hall–Kier alpha value is -2.64. The van der Waals surface area contributed by atoms with E-state index in [-0.39, 0.29) is 29.3 Å². The number of carbonyl (C=O) groups is 1. The van der Waals surface area contributed by atoms with E-state index in [0.29, 0.717) is 13.1 Å². The lowest BCUT2D eigenvalue weighted by Crippen LogP contribution is -2.43. The van der Waals surface area contributed by atoms with Crippen molar-refractivity contribution in [3.63, 3.8) is 0 Å². The van der Waals surface area contributed by atoms with Gasteiger partial charge in [0.05, 0.1) is 6.54 Å². The average molecular weight is 373 g/mol. The Labute approximate surface area is 152 Å². The molecule has 1 amide bonds. The first kappa shape index (κ1) is 18.2. The number of hydrogen-bond acceptors (Lipinski definition) is 5. The zero-order valence-electron chi connectivity index (χ0n) is 14.1. The lowest BCUT2D eigenvalue weighted by Gasteiger charge is -2.32. The monoisotopic (exact) mass is 373 g/mol. The van der Waals surface area contributed by atoms with Crippen molar-refractivity contribution >= 4 is 16.0 Å². The largest absolute Gasteiger partial charge is 0.379 e. The van der Waals surface area contributed by atoms with Crippen molar-refractivity contribution < 1.29 is 22.1 Å². The van der Waals surface area contributed by atoms with Gasteiger partial charge in [0.1, 0.15) is 23.4 Å². The summed E-state index contributed by atoms with van der Waals surface area (Å²) in [6.07, 6.45) is 1.40. The molecule has 1 saturated heterocycles. The Morgan fingerprint density at radius 2 is 1.85 bits per heavy atom. The van der Waals surface area contributed by atoms with Gasteiger partial charge in [-0.3, -0.25) is 4.79 Å². The summed E-state index contributed by atoms with van der Waals surface area (Å²) in [5, 5.41) is 0. The topological polar surface area (TPSA) is 72.9 Å². The molecule has 1 fully saturated rings. The molecule has 2 aromatic carbocycles.